The summed E-state index contributed by atoms with van der Waals surface area (Å²) in [5, 5.41) is 9.58. The fraction of sp³-hybridized carbons (Fsp3) is 0.500. The zero-order valence-corrected chi connectivity index (χ0v) is 13.1. The van der Waals surface area contributed by atoms with Gasteiger partial charge in [-0.05, 0) is 18.1 Å². The van der Waals surface area contributed by atoms with E-state index in [1.54, 1.807) is 24.3 Å². The third-order valence-corrected chi connectivity index (χ3v) is 5.54. The Morgan fingerprint density at radius 3 is 3.00 bits per heavy atom. The van der Waals surface area contributed by atoms with Crippen molar-refractivity contribution in [2.45, 2.75) is 24.1 Å². The largest absolute Gasteiger partial charge is 0.478 e. The van der Waals surface area contributed by atoms with Crippen molar-refractivity contribution >= 4 is 23.6 Å². The lowest BCUT2D eigenvalue weighted by Crippen LogP contribution is -2.54. The number of ether oxygens (including phenoxy) is 1. The number of carbonyl (C=O) groups excluding carboxylic acids is 1. The molecule has 5 nitrogen and oxygen atoms in total. The average molecular weight is 321 g/mol. The van der Waals surface area contributed by atoms with Gasteiger partial charge in [-0.3, -0.25) is 4.79 Å². The molecule has 0 radical (unpaired) electrons. The van der Waals surface area contributed by atoms with Gasteiger partial charge in [-0.1, -0.05) is 18.2 Å². The Labute approximate surface area is 133 Å². The number of amides is 1. The van der Waals surface area contributed by atoms with Gasteiger partial charge in [0.1, 0.15) is 0 Å². The number of carboxylic acids is 1. The average Bonchev–Trinajstić information content (AvgIpc) is 2.54. The van der Waals surface area contributed by atoms with Gasteiger partial charge in [0.25, 0.3) is 0 Å². The first-order valence-electron chi connectivity index (χ1n) is 7.47. The summed E-state index contributed by atoms with van der Waals surface area (Å²) in [4.78, 5) is 25.9. The molecule has 2 aliphatic heterocycles. The van der Waals surface area contributed by atoms with Gasteiger partial charge in [0.15, 0.2) is 0 Å². The van der Waals surface area contributed by atoms with Crippen molar-refractivity contribution in [2.75, 3.05) is 25.5 Å². The number of hydrogen-bond acceptors (Lipinski definition) is 4. The van der Waals surface area contributed by atoms with Gasteiger partial charge in [0.2, 0.25) is 5.91 Å². The second kappa shape index (κ2) is 6.71. The van der Waals surface area contributed by atoms with E-state index in [9.17, 15) is 14.7 Å². The summed E-state index contributed by atoms with van der Waals surface area (Å²) < 4.78 is 5.50. The third kappa shape index (κ3) is 3.13. The monoisotopic (exact) mass is 321 g/mol. The van der Waals surface area contributed by atoms with E-state index in [0.29, 0.717) is 24.0 Å². The highest BCUT2D eigenvalue weighted by Gasteiger charge is 2.36. The van der Waals surface area contributed by atoms with E-state index in [1.807, 2.05) is 16.7 Å². The van der Waals surface area contributed by atoms with Gasteiger partial charge in [-0.2, -0.15) is 11.8 Å². The molecule has 2 atom stereocenters. The molecule has 6 heteroatoms. The molecule has 0 saturated carbocycles. The molecule has 2 saturated heterocycles. The minimum Gasteiger partial charge on any atom is -0.478 e. The minimum atomic E-state index is -0.985. The van der Waals surface area contributed by atoms with Crippen LogP contribution < -0.4 is 0 Å². The number of aromatic carboxylic acids is 1. The summed E-state index contributed by atoms with van der Waals surface area (Å²) in [6.07, 6.45) is 1.02. The van der Waals surface area contributed by atoms with Crippen molar-refractivity contribution < 1.29 is 19.4 Å². The van der Waals surface area contributed by atoms with Crippen LogP contribution >= 0.6 is 11.8 Å². The van der Waals surface area contributed by atoms with Crippen LogP contribution in [0.1, 0.15) is 22.3 Å². The van der Waals surface area contributed by atoms with E-state index in [-0.39, 0.29) is 23.9 Å². The summed E-state index contributed by atoms with van der Waals surface area (Å²) in [6.45, 7) is 2.13. The van der Waals surface area contributed by atoms with Crippen molar-refractivity contribution in [3.8, 4) is 0 Å². The maximum Gasteiger partial charge on any atom is 0.335 e. The number of fused-ring (bicyclic) bond motifs is 1. The number of hydrogen-bond donors (Lipinski definition) is 1. The Hall–Kier alpha value is -1.53. The molecular formula is C16H19NO4S. The standard InChI is InChI=1S/C16H19NO4S/c18-15(9-11-3-1-2-4-12(11)16(19)20)17-6-8-22-14-10-21-7-5-13(14)17/h1-4,13-14H,5-10H2,(H,19,20). The fourth-order valence-corrected chi connectivity index (χ4v) is 4.44. The van der Waals surface area contributed by atoms with E-state index >= 15 is 0 Å². The maximum absolute atomic E-state index is 12.7. The molecule has 1 amide bonds. The molecule has 1 N–H and O–H groups in total. The van der Waals surface area contributed by atoms with Crippen molar-refractivity contribution in [3.63, 3.8) is 0 Å². The van der Waals surface area contributed by atoms with Crippen LogP contribution in [0.2, 0.25) is 0 Å². The molecule has 2 aliphatic rings. The Morgan fingerprint density at radius 1 is 1.36 bits per heavy atom. The SMILES string of the molecule is O=C(O)c1ccccc1CC(=O)N1CCSC2COCCC21. The van der Waals surface area contributed by atoms with E-state index < -0.39 is 5.97 Å². The molecule has 0 aromatic heterocycles. The zero-order chi connectivity index (χ0) is 15.5. The van der Waals surface area contributed by atoms with E-state index in [4.69, 9.17) is 4.74 Å². The number of nitrogens with zero attached hydrogens (tertiary/aromatic N) is 1. The first-order valence-corrected chi connectivity index (χ1v) is 8.51. The lowest BCUT2D eigenvalue weighted by Gasteiger charge is -2.43. The smallest absolute Gasteiger partial charge is 0.335 e. The predicted molar refractivity (Wildman–Crippen MR) is 84.3 cm³/mol. The lowest BCUT2D eigenvalue weighted by atomic mass is 10.0. The highest BCUT2D eigenvalue weighted by molar-refractivity contribution is 8.00. The number of carbonyl (C=O) groups is 2. The van der Waals surface area contributed by atoms with Crippen LogP contribution in [0.5, 0.6) is 0 Å². The summed E-state index contributed by atoms with van der Waals surface area (Å²) in [5.74, 6) is -0.0518. The first kappa shape index (κ1) is 15.4. The zero-order valence-electron chi connectivity index (χ0n) is 12.2. The molecule has 1 aromatic carbocycles. The number of benzene rings is 1. The molecule has 0 bridgehead atoms. The topological polar surface area (TPSA) is 66.8 Å². The van der Waals surface area contributed by atoms with Crippen molar-refractivity contribution in [3.05, 3.63) is 35.4 Å². The molecule has 2 unspecified atom stereocenters. The van der Waals surface area contributed by atoms with Crippen molar-refractivity contribution in [1.29, 1.82) is 0 Å². The predicted octanol–water partition coefficient (Wildman–Crippen LogP) is 1.66. The molecule has 22 heavy (non-hydrogen) atoms. The molecule has 1 aromatic rings. The normalized spacial score (nSPS) is 24.6. The summed E-state index contributed by atoms with van der Waals surface area (Å²) >= 11 is 1.87. The van der Waals surface area contributed by atoms with Crippen LogP contribution in [-0.2, 0) is 16.0 Å². The van der Waals surface area contributed by atoms with Crippen molar-refractivity contribution in [1.82, 2.24) is 4.90 Å². The molecule has 0 spiro atoms. The maximum atomic E-state index is 12.7. The summed E-state index contributed by atoms with van der Waals surface area (Å²) in [6, 6.07) is 6.95. The van der Waals surface area contributed by atoms with Crippen LogP contribution in [0.15, 0.2) is 24.3 Å². The molecule has 0 aliphatic carbocycles. The van der Waals surface area contributed by atoms with Gasteiger partial charge in [-0.15, -0.1) is 0 Å². The van der Waals surface area contributed by atoms with E-state index in [2.05, 4.69) is 0 Å². The molecule has 2 heterocycles. The van der Waals surface area contributed by atoms with E-state index in [1.165, 1.54) is 0 Å². The van der Waals surface area contributed by atoms with Gasteiger partial charge in [-0.25, -0.2) is 4.79 Å². The van der Waals surface area contributed by atoms with Crippen LogP contribution in [0.4, 0.5) is 0 Å². The first-order chi connectivity index (χ1) is 10.7. The van der Waals surface area contributed by atoms with E-state index in [0.717, 1.165) is 18.7 Å². The molecule has 3 rings (SSSR count). The minimum absolute atomic E-state index is 0.0194. The Bertz CT molecular complexity index is 575. The Morgan fingerprint density at radius 2 is 2.18 bits per heavy atom. The molecular weight excluding hydrogens is 302 g/mol. The number of thioether (sulfide) groups is 1. The van der Waals surface area contributed by atoms with Crippen molar-refractivity contribution in [2.24, 2.45) is 0 Å². The lowest BCUT2D eigenvalue weighted by molar-refractivity contribution is -0.134. The quantitative estimate of drug-likeness (QED) is 0.917. The second-order valence-corrected chi connectivity index (χ2v) is 6.91. The summed E-state index contributed by atoms with van der Waals surface area (Å²) in [7, 11) is 0. The van der Waals surface area contributed by atoms with Crippen LogP contribution in [0, 0.1) is 0 Å². The Kier molecular flexibility index (Phi) is 4.69. The van der Waals surface area contributed by atoms with Gasteiger partial charge in [0, 0.05) is 30.2 Å². The Balaban J connectivity index is 1.75. The third-order valence-electron chi connectivity index (χ3n) is 4.24. The highest BCUT2D eigenvalue weighted by atomic mass is 32.2. The fourth-order valence-electron chi connectivity index (χ4n) is 3.14. The van der Waals surface area contributed by atoms with Gasteiger partial charge in [0.05, 0.1) is 18.6 Å². The second-order valence-electron chi connectivity index (χ2n) is 5.57. The van der Waals surface area contributed by atoms with Gasteiger partial charge < -0.3 is 14.7 Å². The molecule has 118 valence electrons. The number of rotatable bonds is 3. The summed E-state index contributed by atoms with van der Waals surface area (Å²) in [5.41, 5.74) is 0.799. The highest BCUT2D eigenvalue weighted by Crippen LogP contribution is 2.30. The van der Waals surface area contributed by atoms with Crippen LogP contribution in [-0.4, -0.2) is 58.7 Å². The van der Waals surface area contributed by atoms with Crippen LogP contribution in [0.25, 0.3) is 0 Å². The molecule has 2 fully saturated rings. The van der Waals surface area contributed by atoms with Gasteiger partial charge >= 0.3 is 5.97 Å². The number of carboxylic acid groups (broad SMARTS) is 1. The van der Waals surface area contributed by atoms with Crippen LogP contribution in [0.3, 0.4) is 0 Å².